The van der Waals surface area contributed by atoms with E-state index in [0.717, 1.165) is 19.3 Å². The molecule has 1 atom stereocenters. The molecule has 0 aliphatic carbocycles. The minimum Gasteiger partial charge on any atom is -0.469 e. The van der Waals surface area contributed by atoms with Gasteiger partial charge in [-0.15, -0.1) is 0 Å². The second-order valence-corrected chi connectivity index (χ2v) is 8.60. The van der Waals surface area contributed by atoms with Crippen LogP contribution in [-0.2, 0) is 9.53 Å². The molecule has 0 aromatic heterocycles. The van der Waals surface area contributed by atoms with Gasteiger partial charge in [0.05, 0.1) is 13.0 Å². The molecule has 0 radical (unpaired) electrons. The highest BCUT2D eigenvalue weighted by Gasteiger charge is 2.22. The quantitative estimate of drug-likeness (QED) is 0.131. The van der Waals surface area contributed by atoms with E-state index in [0.29, 0.717) is 5.56 Å². The third-order valence-electron chi connectivity index (χ3n) is 5.97. The van der Waals surface area contributed by atoms with Gasteiger partial charge in [-0.25, -0.2) is 0 Å². The van der Waals surface area contributed by atoms with Crippen molar-refractivity contribution < 1.29 is 14.3 Å². The fourth-order valence-electron chi connectivity index (χ4n) is 4.02. The zero-order valence-electron chi connectivity index (χ0n) is 19.5. The van der Waals surface area contributed by atoms with Gasteiger partial charge in [0, 0.05) is 12.0 Å². The number of esters is 1. The van der Waals surface area contributed by atoms with Crippen LogP contribution in [0.5, 0.6) is 0 Å². The summed E-state index contributed by atoms with van der Waals surface area (Å²) >= 11 is 0. The predicted octanol–water partition coefficient (Wildman–Crippen LogP) is 7.92. The zero-order valence-corrected chi connectivity index (χ0v) is 19.5. The van der Waals surface area contributed by atoms with Crippen LogP contribution in [-0.4, -0.2) is 18.9 Å². The molecule has 0 saturated heterocycles. The van der Waals surface area contributed by atoms with Crippen molar-refractivity contribution in [3.8, 4) is 0 Å². The Morgan fingerprint density at radius 3 is 1.67 bits per heavy atom. The zero-order chi connectivity index (χ0) is 21.9. The highest BCUT2D eigenvalue weighted by atomic mass is 16.5. The van der Waals surface area contributed by atoms with Crippen LogP contribution in [0, 0.1) is 5.92 Å². The lowest BCUT2D eigenvalue weighted by molar-refractivity contribution is -0.145. The maximum absolute atomic E-state index is 12.4. The van der Waals surface area contributed by atoms with E-state index < -0.39 is 0 Å². The van der Waals surface area contributed by atoms with Crippen molar-refractivity contribution in [2.75, 3.05) is 7.11 Å². The number of methoxy groups -OCH3 is 1. The molecule has 0 aliphatic rings. The predicted molar refractivity (Wildman–Crippen MR) is 126 cm³/mol. The highest BCUT2D eigenvalue weighted by Crippen LogP contribution is 2.20. The summed E-state index contributed by atoms with van der Waals surface area (Å²) in [6, 6.07) is 9.22. The number of ketones is 1. The van der Waals surface area contributed by atoms with Gasteiger partial charge in [-0.05, 0) is 6.42 Å². The average Bonchev–Trinajstić information content (AvgIpc) is 2.78. The van der Waals surface area contributed by atoms with E-state index in [9.17, 15) is 9.59 Å². The molecule has 0 bridgehead atoms. The Balaban J connectivity index is 2.07. The Morgan fingerprint density at radius 2 is 1.20 bits per heavy atom. The van der Waals surface area contributed by atoms with Crippen LogP contribution in [0.2, 0.25) is 0 Å². The summed E-state index contributed by atoms with van der Waals surface area (Å²) in [7, 11) is 1.41. The van der Waals surface area contributed by atoms with Gasteiger partial charge < -0.3 is 4.74 Å². The molecule has 0 heterocycles. The van der Waals surface area contributed by atoms with E-state index in [-0.39, 0.29) is 24.1 Å². The molecule has 1 aromatic carbocycles. The van der Waals surface area contributed by atoms with Crippen LogP contribution in [0.25, 0.3) is 0 Å². The lowest BCUT2D eigenvalue weighted by Gasteiger charge is -2.14. The summed E-state index contributed by atoms with van der Waals surface area (Å²) in [6.45, 7) is 2.27. The number of benzene rings is 1. The van der Waals surface area contributed by atoms with E-state index in [1.165, 1.54) is 84.2 Å². The van der Waals surface area contributed by atoms with Gasteiger partial charge in [-0.1, -0.05) is 127 Å². The normalized spacial score (nSPS) is 11.9. The first-order valence-corrected chi connectivity index (χ1v) is 12.3. The van der Waals surface area contributed by atoms with Gasteiger partial charge in [0.2, 0.25) is 0 Å². The number of hydrogen-bond donors (Lipinski definition) is 0. The van der Waals surface area contributed by atoms with Crippen LogP contribution in [0.4, 0.5) is 0 Å². The van der Waals surface area contributed by atoms with Crippen molar-refractivity contribution in [2.24, 2.45) is 5.92 Å². The molecule has 3 nitrogen and oxygen atoms in total. The summed E-state index contributed by atoms with van der Waals surface area (Å²) < 4.78 is 4.93. The van der Waals surface area contributed by atoms with Crippen molar-refractivity contribution in [3.05, 3.63) is 35.9 Å². The van der Waals surface area contributed by atoms with Gasteiger partial charge in [0.25, 0.3) is 0 Å². The summed E-state index contributed by atoms with van der Waals surface area (Å²) in [4.78, 5) is 24.5. The minimum atomic E-state index is -0.319. The maximum Gasteiger partial charge on any atom is 0.309 e. The van der Waals surface area contributed by atoms with Crippen molar-refractivity contribution in [3.63, 3.8) is 0 Å². The number of carbonyl (C=O) groups is 2. The lowest BCUT2D eigenvalue weighted by atomic mass is 9.93. The third-order valence-corrected chi connectivity index (χ3v) is 5.97. The van der Waals surface area contributed by atoms with E-state index in [2.05, 4.69) is 6.92 Å². The Hall–Kier alpha value is -1.64. The minimum absolute atomic E-state index is 0.0244. The van der Waals surface area contributed by atoms with Gasteiger partial charge in [0.15, 0.2) is 5.78 Å². The number of Topliss-reactive ketones (excluding diaryl/α,β-unsaturated/α-hetero) is 1. The Kier molecular flexibility index (Phi) is 16.0. The van der Waals surface area contributed by atoms with Crippen molar-refractivity contribution in [1.29, 1.82) is 0 Å². The summed E-state index contributed by atoms with van der Waals surface area (Å²) in [5.74, 6) is -0.551. The third kappa shape index (κ3) is 12.8. The fourth-order valence-corrected chi connectivity index (χ4v) is 4.02. The van der Waals surface area contributed by atoms with Crippen LogP contribution >= 0.6 is 0 Å². The summed E-state index contributed by atoms with van der Waals surface area (Å²) in [5.41, 5.74) is 0.673. The molecule has 1 rings (SSSR count). The van der Waals surface area contributed by atoms with E-state index in [4.69, 9.17) is 4.74 Å². The van der Waals surface area contributed by atoms with Gasteiger partial charge in [-0.2, -0.15) is 0 Å². The lowest BCUT2D eigenvalue weighted by Crippen LogP contribution is -2.20. The second-order valence-electron chi connectivity index (χ2n) is 8.60. The Morgan fingerprint density at radius 1 is 0.733 bits per heavy atom. The Bertz CT molecular complexity index is 552. The van der Waals surface area contributed by atoms with E-state index in [1.807, 2.05) is 30.3 Å². The van der Waals surface area contributed by atoms with Crippen LogP contribution in [0.1, 0.15) is 120 Å². The molecular formula is C27H44O3. The van der Waals surface area contributed by atoms with E-state index in [1.54, 1.807) is 0 Å². The molecule has 30 heavy (non-hydrogen) atoms. The monoisotopic (exact) mass is 416 g/mol. The number of hydrogen-bond acceptors (Lipinski definition) is 3. The first-order valence-electron chi connectivity index (χ1n) is 12.3. The molecule has 170 valence electrons. The van der Waals surface area contributed by atoms with Gasteiger partial charge >= 0.3 is 5.97 Å². The van der Waals surface area contributed by atoms with Crippen molar-refractivity contribution in [1.82, 2.24) is 0 Å². The molecule has 0 saturated carbocycles. The molecule has 0 N–H and O–H groups in total. The molecule has 1 unspecified atom stereocenters. The van der Waals surface area contributed by atoms with Gasteiger partial charge in [-0.3, -0.25) is 9.59 Å². The average molecular weight is 417 g/mol. The molecule has 0 fully saturated rings. The molecule has 3 heteroatoms. The van der Waals surface area contributed by atoms with Crippen molar-refractivity contribution in [2.45, 2.75) is 110 Å². The smallest absolute Gasteiger partial charge is 0.309 e. The molecule has 0 spiro atoms. The van der Waals surface area contributed by atoms with Gasteiger partial charge in [0.1, 0.15) is 0 Å². The number of carbonyl (C=O) groups excluding carboxylic acids is 2. The molecule has 1 aromatic rings. The second kappa shape index (κ2) is 18.2. The van der Waals surface area contributed by atoms with Crippen LogP contribution in [0.3, 0.4) is 0 Å². The van der Waals surface area contributed by atoms with E-state index >= 15 is 0 Å². The molecule has 0 aliphatic heterocycles. The fraction of sp³-hybridized carbons (Fsp3) is 0.704. The summed E-state index contributed by atoms with van der Waals surface area (Å²) in [5, 5.41) is 0. The molecule has 0 amide bonds. The topological polar surface area (TPSA) is 43.4 Å². The highest BCUT2D eigenvalue weighted by molar-refractivity contribution is 5.98. The first kappa shape index (κ1) is 26.4. The standard InChI is InChI=1S/C27H44O3/c1-3-4-5-6-7-8-9-10-11-12-13-14-15-17-22-25(27(29)30-2)23-26(28)24-20-18-16-19-21-24/h16,18-21,25H,3-15,17,22-23H2,1-2H3. The number of rotatable bonds is 19. The van der Waals surface area contributed by atoms with Crippen LogP contribution < -0.4 is 0 Å². The molecular weight excluding hydrogens is 372 g/mol. The maximum atomic E-state index is 12.4. The Labute approximate surface area is 185 Å². The van der Waals surface area contributed by atoms with Crippen molar-refractivity contribution >= 4 is 11.8 Å². The van der Waals surface area contributed by atoms with Crippen LogP contribution in [0.15, 0.2) is 30.3 Å². The number of ether oxygens (including phenoxy) is 1. The largest absolute Gasteiger partial charge is 0.469 e. The first-order chi connectivity index (χ1) is 14.7. The SMILES string of the molecule is CCCCCCCCCCCCCCCCC(CC(=O)c1ccccc1)C(=O)OC. The number of unbranched alkanes of at least 4 members (excludes halogenated alkanes) is 13. The summed E-state index contributed by atoms with van der Waals surface area (Å²) in [6.07, 6.45) is 19.4.